The van der Waals surface area contributed by atoms with Crippen LogP contribution in [0.5, 0.6) is 11.5 Å². The summed E-state index contributed by atoms with van der Waals surface area (Å²) in [6.07, 6.45) is 2.32. The van der Waals surface area contributed by atoms with Gasteiger partial charge in [-0.15, -0.1) is 11.3 Å². The van der Waals surface area contributed by atoms with Crippen LogP contribution in [0.15, 0.2) is 65.3 Å². The number of amides is 1. The maximum Gasteiger partial charge on any atom is 0.291 e. The summed E-state index contributed by atoms with van der Waals surface area (Å²) in [6.45, 7) is 4.04. The third kappa shape index (κ3) is 5.07. The molecule has 0 radical (unpaired) electrons. The van der Waals surface area contributed by atoms with E-state index in [1.165, 1.54) is 6.26 Å². The Morgan fingerprint density at radius 3 is 2.62 bits per heavy atom. The van der Waals surface area contributed by atoms with Crippen LogP contribution in [-0.2, 0) is 6.42 Å². The molecule has 3 heterocycles. The van der Waals surface area contributed by atoms with E-state index >= 15 is 0 Å². The van der Waals surface area contributed by atoms with Crippen LogP contribution in [0.1, 0.15) is 45.2 Å². The van der Waals surface area contributed by atoms with Crippen LogP contribution < -0.4 is 20.1 Å². The number of benzene rings is 1. The number of methoxy groups -OCH3 is 2. The molecule has 4 rings (SSSR count). The van der Waals surface area contributed by atoms with Crippen molar-refractivity contribution in [2.45, 2.75) is 26.3 Å². The van der Waals surface area contributed by atoms with E-state index in [4.69, 9.17) is 13.9 Å². The number of thiophene rings is 1. The van der Waals surface area contributed by atoms with Gasteiger partial charge in [0.15, 0.2) is 5.76 Å². The molecule has 0 unspecified atom stereocenters. The van der Waals surface area contributed by atoms with Crippen LogP contribution in [0.4, 0.5) is 10.8 Å². The molecule has 1 amide bonds. The molecule has 0 saturated carbocycles. The first-order valence-electron chi connectivity index (χ1n) is 10.9. The normalized spacial score (nSPS) is 11.6. The molecule has 0 aliphatic heterocycles. The Morgan fingerprint density at radius 1 is 1.09 bits per heavy atom. The molecule has 0 aliphatic carbocycles. The lowest BCUT2D eigenvalue weighted by Gasteiger charge is -2.23. The molecule has 0 fully saturated rings. The molecular formula is C26H27N3O4S. The van der Waals surface area contributed by atoms with Crippen molar-refractivity contribution in [3.8, 4) is 11.5 Å². The van der Waals surface area contributed by atoms with E-state index in [0.717, 1.165) is 38.9 Å². The van der Waals surface area contributed by atoms with Crippen molar-refractivity contribution in [3.63, 3.8) is 0 Å². The highest BCUT2D eigenvalue weighted by Crippen LogP contribution is 2.41. The first kappa shape index (κ1) is 23.4. The van der Waals surface area contributed by atoms with E-state index in [-0.39, 0.29) is 17.7 Å². The van der Waals surface area contributed by atoms with E-state index in [1.54, 1.807) is 37.7 Å². The minimum atomic E-state index is -0.349. The average Bonchev–Trinajstić information content (AvgIpc) is 3.53. The molecule has 1 aromatic carbocycles. The molecular weight excluding hydrogens is 450 g/mol. The predicted molar refractivity (Wildman–Crippen MR) is 134 cm³/mol. The summed E-state index contributed by atoms with van der Waals surface area (Å²) >= 11 is 1.54. The van der Waals surface area contributed by atoms with Gasteiger partial charge in [0.05, 0.1) is 26.5 Å². The highest BCUT2D eigenvalue weighted by atomic mass is 32.1. The lowest BCUT2D eigenvalue weighted by atomic mass is 9.98. The number of furan rings is 1. The smallest absolute Gasteiger partial charge is 0.291 e. The fourth-order valence-electron chi connectivity index (χ4n) is 3.67. The zero-order chi connectivity index (χ0) is 24.1. The van der Waals surface area contributed by atoms with Crippen LogP contribution in [0.25, 0.3) is 0 Å². The fourth-order valence-corrected chi connectivity index (χ4v) is 4.70. The summed E-state index contributed by atoms with van der Waals surface area (Å²) in [4.78, 5) is 18.6. The average molecular weight is 478 g/mol. The van der Waals surface area contributed by atoms with Crippen molar-refractivity contribution in [3.05, 3.63) is 88.3 Å². The Bertz CT molecular complexity index is 1270. The monoisotopic (exact) mass is 477 g/mol. The SMILES string of the molecule is CCc1cc([C@H](Nc2cccc(C)n2)c2ccc(OC)cc2OC)c(NC(=O)c2ccco2)s1. The van der Waals surface area contributed by atoms with E-state index in [9.17, 15) is 4.79 Å². The van der Waals surface area contributed by atoms with Gasteiger partial charge in [-0.05, 0) is 55.8 Å². The van der Waals surface area contributed by atoms with Gasteiger partial charge in [0, 0.05) is 27.8 Å². The summed E-state index contributed by atoms with van der Waals surface area (Å²) in [5.41, 5.74) is 2.70. The van der Waals surface area contributed by atoms with Crippen LogP contribution >= 0.6 is 11.3 Å². The zero-order valence-corrected chi connectivity index (χ0v) is 20.4. The predicted octanol–water partition coefficient (Wildman–Crippen LogP) is 6.08. The van der Waals surface area contributed by atoms with Crippen molar-refractivity contribution in [1.82, 2.24) is 4.98 Å². The minimum absolute atomic E-state index is 0.254. The van der Waals surface area contributed by atoms with Crippen LogP contribution in [0.3, 0.4) is 0 Å². The number of carbonyl (C=O) groups excluding carboxylic acids is 1. The number of hydrogen-bond donors (Lipinski definition) is 2. The highest BCUT2D eigenvalue weighted by molar-refractivity contribution is 7.16. The first-order chi connectivity index (χ1) is 16.5. The number of nitrogens with one attached hydrogen (secondary N) is 2. The standard InChI is InChI=1S/C26H27N3O4S/c1-5-18-15-20(26(34-18)29-25(30)21-9-7-13-33-21)24(28-23-10-6-8-16(2)27-23)19-12-11-17(31-3)14-22(19)32-4/h6-15,24H,5H2,1-4H3,(H,27,28)(H,29,30)/t24-/m1/s1. The van der Waals surface area contributed by atoms with Gasteiger partial charge in [0.1, 0.15) is 22.3 Å². The third-order valence-corrected chi connectivity index (χ3v) is 6.59. The molecule has 0 bridgehead atoms. The van der Waals surface area contributed by atoms with Crippen molar-refractivity contribution in [2.75, 3.05) is 24.9 Å². The highest BCUT2D eigenvalue weighted by Gasteiger charge is 2.26. The van der Waals surface area contributed by atoms with Crippen molar-refractivity contribution >= 4 is 28.1 Å². The molecule has 2 N–H and O–H groups in total. The molecule has 0 spiro atoms. The van der Waals surface area contributed by atoms with Crippen LogP contribution in [0, 0.1) is 6.92 Å². The Labute approximate surface area is 202 Å². The molecule has 0 aliphatic rings. The quantitative estimate of drug-likeness (QED) is 0.304. The number of ether oxygens (including phenoxy) is 2. The molecule has 7 nitrogen and oxygen atoms in total. The van der Waals surface area contributed by atoms with Crippen molar-refractivity contribution in [2.24, 2.45) is 0 Å². The van der Waals surface area contributed by atoms with Crippen molar-refractivity contribution < 1.29 is 18.7 Å². The molecule has 4 aromatic rings. The van der Waals surface area contributed by atoms with Crippen molar-refractivity contribution in [1.29, 1.82) is 0 Å². The molecule has 34 heavy (non-hydrogen) atoms. The maximum atomic E-state index is 12.8. The molecule has 8 heteroatoms. The van der Waals surface area contributed by atoms with Gasteiger partial charge < -0.3 is 24.5 Å². The van der Waals surface area contributed by atoms with Gasteiger partial charge in [0.25, 0.3) is 5.91 Å². The largest absolute Gasteiger partial charge is 0.497 e. The maximum absolute atomic E-state index is 12.8. The first-order valence-corrected chi connectivity index (χ1v) is 11.7. The van der Waals surface area contributed by atoms with Gasteiger partial charge in [-0.25, -0.2) is 4.98 Å². The summed E-state index contributed by atoms with van der Waals surface area (Å²) in [6, 6.07) is 16.6. The molecule has 3 aromatic heterocycles. The van der Waals surface area contributed by atoms with Gasteiger partial charge >= 0.3 is 0 Å². The Balaban J connectivity index is 1.82. The Hall–Kier alpha value is -3.78. The topological polar surface area (TPSA) is 85.6 Å². The second-order valence-electron chi connectivity index (χ2n) is 7.63. The van der Waals surface area contributed by atoms with Gasteiger partial charge in [-0.3, -0.25) is 4.79 Å². The van der Waals surface area contributed by atoms with Gasteiger partial charge in [-0.2, -0.15) is 0 Å². The number of rotatable bonds is 9. The Kier molecular flexibility index (Phi) is 7.18. The van der Waals surface area contributed by atoms with Crippen LogP contribution in [0.2, 0.25) is 0 Å². The Morgan fingerprint density at radius 2 is 1.94 bits per heavy atom. The summed E-state index contributed by atoms with van der Waals surface area (Å²) < 4.78 is 16.4. The number of pyridine rings is 1. The number of nitrogens with zero attached hydrogens (tertiary/aromatic N) is 1. The van der Waals surface area contributed by atoms with E-state index in [1.807, 2.05) is 43.3 Å². The zero-order valence-electron chi connectivity index (χ0n) is 19.5. The van der Waals surface area contributed by atoms with Gasteiger partial charge in [0.2, 0.25) is 0 Å². The summed E-state index contributed by atoms with van der Waals surface area (Å²) in [5.74, 6) is 2.03. The molecule has 0 saturated heterocycles. The van der Waals surface area contributed by atoms with E-state index in [2.05, 4.69) is 28.6 Å². The number of hydrogen-bond acceptors (Lipinski definition) is 7. The number of aryl methyl sites for hydroxylation is 2. The molecule has 176 valence electrons. The van der Waals surface area contributed by atoms with Crippen LogP contribution in [-0.4, -0.2) is 25.1 Å². The fraction of sp³-hybridized carbons (Fsp3) is 0.231. The number of aromatic nitrogens is 1. The second-order valence-corrected chi connectivity index (χ2v) is 8.77. The van der Waals surface area contributed by atoms with E-state index < -0.39 is 0 Å². The minimum Gasteiger partial charge on any atom is -0.497 e. The lowest BCUT2D eigenvalue weighted by molar-refractivity contribution is 0.0997. The van der Waals surface area contributed by atoms with Gasteiger partial charge in [-0.1, -0.05) is 13.0 Å². The lowest BCUT2D eigenvalue weighted by Crippen LogP contribution is -2.17. The summed E-state index contributed by atoms with van der Waals surface area (Å²) in [7, 11) is 3.25. The van der Waals surface area contributed by atoms with E-state index in [0.29, 0.717) is 11.5 Å². The number of carbonyl (C=O) groups is 1. The second kappa shape index (κ2) is 10.4. The summed E-state index contributed by atoms with van der Waals surface area (Å²) in [5, 5.41) is 7.32. The number of anilines is 2. The molecule has 1 atom stereocenters. The third-order valence-electron chi connectivity index (χ3n) is 5.38.